The maximum atomic E-state index is 12.3. The van der Waals surface area contributed by atoms with Gasteiger partial charge in [0.25, 0.3) is 0 Å². The Hall–Kier alpha value is -1.55. The second kappa shape index (κ2) is 3.97. The second-order valence-electron chi connectivity index (χ2n) is 6.28. The van der Waals surface area contributed by atoms with E-state index < -0.39 is 11.7 Å². The van der Waals surface area contributed by atoms with E-state index in [1.165, 1.54) is 0 Å². The van der Waals surface area contributed by atoms with E-state index >= 15 is 0 Å². The number of hydrogen-bond donors (Lipinski definition) is 1. The van der Waals surface area contributed by atoms with Gasteiger partial charge in [0.05, 0.1) is 18.2 Å². The van der Waals surface area contributed by atoms with Crippen molar-refractivity contribution in [2.24, 2.45) is 0 Å². The van der Waals surface area contributed by atoms with Gasteiger partial charge in [-0.05, 0) is 31.9 Å². The van der Waals surface area contributed by atoms with Gasteiger partial charge in [-0.1, -0.05) is 24.3 Å². The number of aliphatic hydroxyl groups excluding tert-OH is 1. The van der Waals surface area contributed by atoms with Gasteiger partial charge in [-0.15, -0.1) is 0 Å². The molecule has 102 valence electrons. The number of ether oxygens (including phenoxy) is 1. The van der Waals surface area contributed by atoms with Gasteiger partial charge in [-0.25, -0.2) is 4.79 Å². The number of carbonyl (C=O) groups is 1. The zero-order chi connectivity index (χ0) is 13.8. The first-order valence-electron chi connectivity index (χ1n) is 6.67. The number of benzene rings is 1. The van der Waals surface area contributed by atoms with Crippen molar-refractivity contribution in [2.75, 3.05) is 0 Å². The minimum Gasteiger partial charge on any atom is -0.444 e. The summed E-state index contributed by atoms with van der Waals surface area (Å²) in [5.74, 6) is 0. The van der Waals surface area contributed by atoms with Crippen LogP contribution >= 0.6 is 0 Å². The fourth-order valence-electron chi connectivity index (χ4n) is 3.12. The summed E-state index contributed by atoms with van der Waals surface area (Å²) in [4.78, 5) is 14.0. The van der Waals surface area contributed by atoms with E-state index in [2.05, 4.69) is 0 Å². The molecule has 19 heavy (non-hydrogen) atoms. The summed E-state index contributed by atoms with van der Waals surface area (Å²) in [5.41, 5.74) is 1.68. The number of aliphatic hydroxyl groups is 1. The zero-order valence-corrected chi connectivity index (χ0v) is 11.5. The van der Waals surface area contributed by atoms with Crippen LogP contribution in [0.2, 0.25) is 0 Å². The molecule has 0 radical (unpaired) electrons. The molecule has 1 fully saturated rings. The lowest BCUT2D eigenvalue weighted by Crippen LogP contribution is -2.36. The normalized spacial score (nSPS) is 28.4. The Labute approximate surface area is 113 Å². The highest BCUT2D eigenvalue weighted by atomic mass is 16.6. The van der Waals surface area contributed by atoms with Crippen LogP contribution in [0, 0.1) is 0 Å². The highest BCUT2D eigenvalue weighted by Crippen LogP contribution is 2.53. The van der Waals surface area contributed by atoms with Gasteiger partial charge in [0.1, 0.15) is 5.60 Å². The summed E-state index contributed by atoms with van der Waals surface area (Å²) in [6.45, 7) is 5.56. The Balaban J connectivity index is 1.93. The van der Waals surface area contributed by atoms with E-state index in [1.54, 1.807) is 4.90 Å². The van der Waals surface area contributed by atoms with Crippen LogP contribution in [0.5, 0.6) is 0 Å². The molecule has 4 heteroatoms. The Kier molecular flexibility index (Phi) is 2.61. The molecule has 3 atom stereocenters. The molecule has 1 saturated heterocycles. The molecule has 2 heterocycles. The monoisotopic (exact) mass is 261 g/mol. The highest BCUT2D eigenvalue weighted by Gasteiger charge is 2.52. The molecule has 0 aromatic heterocycles. The number of rotatable bonds is 0. The largest absolute Gasteiger partial charge is 0.444 e. The van der Waals surface area contributed by atoms with Gasteiger partial charge in [-0.3, -0.25) is 4.90 Å². The van der Waals surface area contributed by atoms with E-state index in [9.17, 15) is 9.90 Å². The lowest BCUT2D eigenvalue weighted by atomic mass is 9.90. The highest BCUT2D eigenvalue weighted by molar-refractivity contribution is 5.72. The van der Waals surface area contributed by atoms with Crippen molar-refractivity contribution in [1.29, 1.82) is 0 Å². The third kappa shape index (κ3) is 1.91. The Morgan fingerprint density at radius 1 is 1.32 bits per heavy atom. The van der Waals surface area contributed by atoms with Crippen molar-refractivity contribution in [2.45, 2.75) is 51.0 Å². The molecule has 1 N–H and O–H groups in total. The van der Waals surface area contributed by atoms with Crippen LogP contribution in [0.25, 0.3) is 0 Å². The lowest BCUT2D eigenvalue weighted by molar-refractivity contribution is 0.0124. The summed E-state index contributed by atoms with van der Waals surface area (Å²) < 4.78 is 5.46. The summed E-state index contributed by atoms with van der Waals surface area (Å²) >= 11 is 0. The van der Waals surface area contributed by atoms with Gasteiger partial charge < -0.3 is 9.84 Å². The molecular weight excluding hydrogens is 242 g/mol. The summed E-state index contributed by atoms with van der Waals surface area (Å²) in [5, 5.41) is 10.1. The molecule has 1 aromatic carbocycles. The van der Waals surface area contributed by atoms with Crippen LogP contribution in [0.1, 0.15) is 50.4 Å². The van der Waals surface area contributed by atoms with Crippen molar-refractivity contribution < 1.29 is 14.6 Å². The Morgan fingerprint density at radius 3 is 2.58 bits per heavy atom. The molecule has 2 aliphatic rings. The average Bonchev–Trinajstić information content (AvgIpc) is 2.79. The first-order chi connectivity index (χ1) is 8.88. The third-order valence-electron chi connectivity index (χ3n) is 3.74. The van der Waals surface area contributed by atoms with E-state index in [0.717, 1.165) is 11.1 Å². The average molecular weight is 261 g/mol. The maximum Gasteiger partial charge on any atom is 0.411 e. The molecule has 2 aliphatic heterocycles. The second-order valence-corrected chi connectivity index (χ2v) is 6.28. The van der Waals surface area contributed by atoms with E-state index in [0.29, 0.717) is 6.42 Å². The van der Waals surface area contributed by atoms with E-state index in [4.69, 9.17) is 4.74 Å². The fraction of sp³-hybridized carbons (Fsp3) is 0.533. The molecule has 0 saturated carbocycles. The molecule has 0 aliphatic carbocycles. The minimum absolute atomic E-state index is 0.0500. The van der Waals surface area contributed by atoms with Crippen molar-refractivity contribution in [1.82, 2.24) is 4.90 Å². The van der Waals surface area contributed by atoms with Crippen LogP contribution < -0.4 is 0 Å². The first-order valence-corrected chi connectivity index (χ1v) is 6.67. The van der Waals surface area contributed by atoms with Gasteiger partial charge in [0, 0.05) is 6.42 Å². The summed E-state index contributed by atoms with van der Waals surface area (Å²) in [6.07, 6.45) is -0.233. The molecular formula is C15H19NO3. The molecule has 1 aromatic rings. The summed E-state index contributed by atoms with van der Waals surface area (Å²) in [7, 11) is 0. The molecule has 3 unspecified atom stereocenters. The van der Waals surface area contributed by atoms with Crippen molar-refractivity contribution in [3.63, 3.8) is 0 Å². The van der Waals surface area contributed by atoms with E-state index in [-0.39, 0.29) is 18.2 Å². The van der Waals surface area contributed by atoms with Crippen molar-refractivity contribution in [3.8, 4) is 0 Å². The van der Waals surface area contributed by atoms with Crippen LogP contribution in [0.4, 0.5) is 4.79 Å². The van der Waals surface area contributed by atoms with Gasteiger partial charge in [0.15, 0.2) is 0 Å². The number of hydrogen-bond acceptors (Lipinski definition) is 3. The van der Waals surface area contributed by atoms with Gasteiger partial charge in [0.2, 0.25) is 0 Å². The Morgan fingerprint density at radius 2 is 1.95 bits per heavy atom. The summed E-state index contributed by atoms with van der Waals surface area (Å²) in [6, 6.07) is 7.63. The quantitative estimate of drug-likeness (QED) is 0.781. The minimum atomic E-state index is -0.518. The standard InChI is InChI=1S/C15H19NO3/c1-15(2,3)19-14(18)16-11-8-12(17)13(16)10-7-5-4-6-9(10)11/h4-7,11-13,17H,8H2,1-3H3. The van der Waals surface area contributed by atoms with Gasteiger partial charge in [-0.2, -0.15) is 0 Å². The SMILES string of the molecule is CC(C)(C)OC(=O)N1C2CC(O)C1c1ccccc12. The number of carbonyl (C=O) groups excluding carboxylic acids is 1. The number of amides is 1. The first kappa shape index (κ1) is 12.5. The molecule has 1 amide bonds. The fourth-order valence-corrected chi connectivity index (χ4v) is 3.12. The topological polar surface area (TPSA) is 49.8 Å². The van der Waals surface area contributed by atoms with Crippen molar-refractivity contribution in [3.05, 3.63) is 35.4 Å². The van der Waals surface area contributed by atoms with Crippen LogP contribution in [0.15, 0.2) is 24.3 Å². The van der Waals surface area contributed by atoms with Gasteiger partial charge >= 0.3 is 6.09 Å². The zero-order valence-electron chi connectivity index (χ0n) is 11.5. The molecule has 2 bridgehead atoms. The molecule has 0 spiro atoms. The van der Waals surface area contributed by atoms with E-state index in [1.807, 2.05) is 45.0 Å². The molecule has 4 nitrogen and oxygen atoms in total. The van der Waals surface area contributed by atoms with Crippen LogP contribution in [0.3, 0.4) is 0 Å². The number of nitrogens with zero attached hydrogens (tertiary/aromatic N) is 1. The maximum absolute atomic E-state index is 12.3. The predicted molar refractivity (Wildman–Crippen MR) is 70.6 cm³/mol. The lowest BCUT2D eigenvalue weighted by Gasteiger charge is -2.27. The van der Waals surface area contributed by atoms with Crippen molar-refractivity contribution >= 4 is 6.09 Å². The third-order valence-corrected chi connectivity index (χ3v) is 3.74. The van der Waals surface area contributed by atoms with Crippen LogP contribution in [-0.2, 0) is 4.74 Å². The van der Waals surface area contributed by atoms with Crippen LogP contribution in [-0.4, -0.2) is 27.8 Å². The predicted octanol–water partition coefficient (Wildman–Crippen LogP) is 2.78. The smallest absolute Gasteiger partial charge is 0.411 e. The molecule has 3 rings (SSSR count). The number of fused-ring (bicyclic) bond motifs is 5. The Bertz CT molecular complexity index is 520.